The van der Waals surface area contributed by atoms with E-state index in [9.17, 15) is 27.6 Å². The van der Waals surface area contributed by atoms with Gasteiger partial charge in [0.25, 0.3) is 5.91 Å². The Balaban J connectivity index is 1.34. The van der Waals surface area contributed by atoms with Crippen molar-refractivity contribution in [3.63, 3.8) is 0 Å². The van der Waals surface area contributed by atoms with E-state index in [4.69, 9.17) is 9.47 Å². The molecule has 2 atom stereocenters. The largest absolute Gasteiger partial charge is 0.573 e. The first-order valence-electron chi connectivity index (χ1n) is 16.9. The van der Waals surface area contributed by atoms with Gasteiger partial charge < -0.3 is 29.3 Å². The third-order valence-electron chi connectivity index (χ3n) is 8.94. The van der Waals surface area contributed by atoms with Crippen molar-refractivity contribution in [2.75, 3.05) is 52.5 Å². The number of hydrogen-bond donors (Lipinski definition) is 1. The summed E-state index contributed by atoms with van der Waals surface area (Å²) in [6.07, 6.45) is -2.53. The average Bonchev–Trinajstić information content (AvgIpc) is 3.42. The van der Waals surface area contributed by atoms with Crippen molar-refractivity contribution < 1.29 is 41.8 Å². The summed E-state index contributed by atoms with van der Waals surface area (Å²) < 4.78 is 53.6. The Morgan fingerprint density at radius 1 is 0.980 bits per heavy atom. The maximum atomic E-state index is 14.1. The van der Waals surface area contributed by atoms with Gasteiger partial charge in [-0.1, -0.05) is 39.0 Å². The number of carbonyl (C=O) groups excluding carboxylic acids is 3. The highest BCUT2D eigenvalue weighted by atomic mass is 19.4. The van der Waals surface area contributed by atoms with Gasteiger partial charge in [0.1, 0.15) is 18.1 Å². The molecule has 0 unspecified atom stereocenters. The van der Waals surface area contributed by atoms with Crippen molar-refractivity contribution in [2.45, 2.75) is 71.4 Å². The highest BCUT2D eigenvalue weighted by molar-refractivity contribution is 5.92. The molecule has 6 rings (SSSR count). The molecule has 5 heterocycles. The molecule has 11 nitrogen and oxygen atoms in total. The van der Waals surface area contributed by atoms with E-state index in [1.165, 1.54) is 12.1 Å². The van der Waals surface area contributed by atoms with Gasteiger partial charge in [0, 0.05) is 57.8 Å². The number of carbonyl (C=O) groups is 3. The second-order valence-electron chi connectivity index (χ2n) is 14.2. The van der Waals surface area contributed by atoms with Gasteiger partial charge in [-0.3, -0.25) is 19.3 Å². The molecule has 0 aliphatic carbocycles. The van der Waals surface area contributed by atoms with E-state index in [0.717, 1.165) is 12.8 Å². The Bertz CT molecular complexity index is 1440. The number of hydrogen-bond acceptors (Lipinski definition) is 8. The van der Waals surface area contributed by atoms with Gasteiger partial charge in [-0.15, -0.1) is 13.2 Å². The summed E-state index contributed by atoms with van der Waals surface area (Å²) in [6, 6.07) is 9.58. The van der Waals surface area contributed by atoms with Gasteiger partial charge in [-0.05, 0) is 54.4 Å². The van der Waals surface area contributed by atoms with Crippen molar-refractivity contribution in [3.8, 4) is 11.6 Å². The van der Waals surface area contributed by atoms with Gasteiger partial charge >= 0.3 is 6.36 Å². The van der Waals surface area contributed by atoms with Crippen LogP contribution in [-0.4, -0.2) is 108 Å². The van der Waals surface area contributed by atoms with E-state index >= 15 is 0 Å². The molecule has 1 aromatic heterocycles. The minimum Gasteiger partial charge on any atom is -0.475 e. The van der Waals surface area contributed by atoms with Crippen LogP contribution < -0.4 is 14.8 Å². The van der Waals surface area contributed by atoms with E-state index in [2.05, 4.69) is 15.0 Å². The van der Waals surface area contributed by atoms with Crippen LogP contribution in [0.15, 0.2) is 42.5 Å². The Labute approximate surface area is 285 Å². The van der Waals surface area contributed by atoms with Gasteiger partial charge in [-0.2, -0.15) is 0 Å². The zero-order valence-corrected chi connectivity index (χ0v) is 28.3. The minimum absolute atomic E-state index is 0.0549. The molecule has 1 N–H and O–H groups in total. The molecule has 268 valence electrons. The molecule has 0 spiro atoms. The molecule has 2 fully saturated rings. The molecule has 14 heteroatoms. The predicted octanol–water partition coefficient (Wildman–Crippen LogP) is 4.27. The number of piperidine rings is 1. The summed E-state index contributed by atoms with van der Waals surface area (Å²) in [4.78, 5) is 50.7. The Morgan fingerprint density at radius 2 is 1.71 bits per heavy atom. The zero-order chi connectivity index (χ0) is 35.2. The monoisotopic (exact) mass is 689 g/mol. The number of nitrogens with one attached hydrogen (secondary N) is 1. The summed E-state index contributed by atoms with van der Waals surface area (Å²) in [6.45, 7) is 9.75. The first-order chi connectivity index (χ1) is 23.2. The molecule has 2 saturated heterocycles. The van der Waals surface area contributed by atoms with Gasteiger partial charge in [0.2, 0.25) is 17.7 Å². The molecule has 0 saturated carbocycles. The fourth-order valence-corrected chi connectivity index (χ4v) is 6.58. The quantitative estimate of drug-likeness (QED) is 0.474. The summed E-state index contributed by atoms with van der Waals surface area (Å²) in [5, 5.41) is 3.02. The highest BCUT2D eigenvalue weighted by Gasteiger charge is 2.41. The molecule has 4 aliphatic rings. The average molecular weight is 690 g/mol. The number of fused-ring (bicyclic) bond motifs is 10. The number of nitrogens with zero attached hydrogens (tertiary/aromatic N) is 4. The number of alkyl halides is 3. The lowest BCUT2D eigenvalue weighted by Gasteiger charge is -2.37. The van der Waals surface area contributed by atoms with E-state index < -0.39 is 18.3 Å². The first-order valence-corrected chi connectivity index (χ1v) is 16.9. The third-order valence-corrected chi connectivity index (χ3v) is 8.94. The topological polar surface area (TPSA) is 114 Å². The van der Waals surface area contributed by atoms with Crippen LogP contribution in [0.3, 0.4) is 0 Å². The maximum Gasteiger partial charge on any atom is 0.573 e. The fourth-order valence-electron chi connectivity index (χ4n) is 6.58. The van der Waals surface area contributed by atoms with Crippen molar-refractivity contribution in [1.29, 1.82) is 0 Å². The fraction of sp³-hybridized carbons (Fsp3) is 0.600. The van der Waals surface area contributed by atoms with Crippen LogP contribution >= 0.6 is 0 Å². The van der Waals surface area contributed by atoms with Gasteiger partial charge in [0.05, 0.1) is 19.3 Å². The second-order valence-corrected chi connectivity index (χ2v) is 14.2. The third kappa shape index (κ3) is 10.8. The van der Waals surface area contributed by atoms with Crippen LogP contribution in [0.25, 0.3) is 0 Å². The van der Waals surface area contributed by atoms with Crippen LogP contribution in [0.5, 0.6) is 11.6 Å². The van der Waals surface area contributed by atoms with Crippen LogP contribution in [-0.2, 0) is 20.9 Å². The molecule has 3 amide bonds. The molecule has 2 aromatic rings. The van der Waals surface area contributed by atoms with E-state index in [1.807, 2.05) is 35.5 Å². The minimum atomic E-state index is -4.79. The van der Waals surface area contributed by atoms with E-state index in [1.54, 1.807) is 30.3 Å². The molecular weight excluding hydrogens is 643 g/mol. The van der Waals surface area contributed by atoms with Gasteiger partial charge in [0.15, 0.2) is 0 Å². The summed E-state index contributed by atoms with van der Waals surface area (Å²) in [5.74, 6) is -0.206. The molecule has 6 bridgehead atoms. The smallest absolute Gasteiger partial charge is 0.475 e. The normalized spacial score (nSPS) is 23.4. The Morgan fingerprint density at radius 3 is 2.41 bits per heavy atom. The standard InChI is InChI=1S/C35H46F3N5O6/c1-34(2,3)20-31(44)42-15-16-47-17-18-48-30-6-4-5-28(40-30)32(45)39-26-19-29(33(46)41-13-11-25(21-42)12-14-41)43(23-26)22-24-7-9-27(10-8-24)49-35(36,37)38/h4-10,25-26,29H,11-23H2,1-3H3,(H,39,45)/t26-,29-/m0/s1. The number of amides is 3. The van der Waals surface area contributed by atoms with Crippen LogP contribution in [0.4, 0.5) is 13.2 Å². The molecule has 49 heavy (non-hydrogen) atoms. The molecule has 0 radical (unpaired) electrons. The summed E-state index contributed by atoms with van der Waals surface area (Å²) in [5.41, 5.74) is 0.710. The van der Waals surface area contributed by atoms with Crippen LogP contribution in [0.1, 0.15) is 62.5 Å². The number of benzene rings is 1. The number of likely N-dealkylation sites (tertiary alicyclic amines) is 1. The SMILES string of the molecule is CC(C)(C)CC(=O)N1CCOCCOc2cccc(n2)C(=O)N[C@H]2C[C@@H](C(=O)N3CCC(CC3)C1)N(Cc1ccc(OC(F)(F)F)cc1)C2. The lowest BCUT2D eigenvalue weighted by atomic mass is 9.90. The zero-order valence-electron chi connectivity index (χ0n) is 28.3. The molecule has 1 aromatic carbocycles. The molecule has 4 aliphatic heterocycles. The second kappa shape index (κ2) is 15.8. The number of pyridine rings is 1. The first kappa shape index (κ1) is 36.4. The summed E-state index contributed by atoms with van der Waals surface area (Å²) >= 11 is 0. The van der Waals surface area contributed by atoms with E-state index in [0.29, 0.717) is 64.3 Å². The van der Waals surface area contributed by atoms with Crippen molar-refractivity contribution in [3.05, 3.63) is 53.7 Å². The Kier molecular flexibility index (Phi) is 11.7. The predicted molar refractivity (Wildman–Crippen MR) is 174 cm³/mol. The number of aromatic nitrogens is 1. The number of halogens is 3. The lowest BCUT2D eigenvalue weighted by Crippen LogP contribution is -2.49. The molecular formula is C35H46F3N5O6. The van der Waals surface area contributed by atoms with Crippen LogP contribution in [0.2, 0.25) is 0 Å². The Hall–Kier alpha value is -3.91. The number of rotatable bonds is 4. The van der Waals surface area contributed by atoms with Crippen LogP contribution in [0, 0.1) is 11.3 Å². The highest BCUT2D eigenvalue weighted by Crippen LogP contribution is 2.28. The number of ether oxygens (including phenoxy) is 3. The lowest BCUT2D eigenvalue weighted by molar-refractivity contribution is -0.274. The van der Waals surface area contributed by atoms with Crippen molar-refractivity contribution >= 4 is 17.7 Å². The van der Waals surface area contributed by atoms with E-state index in [-0.39, 0.29) is 59.7 Å². The van der Waals surface area contributed by atoms with Crippen molar-refractivity contribution in [1.82, 2.24) is 25.0 Å². The van der Waals surface area contributed by atoms with Crippen molar-refractivity contribution in [2.24, 2.45) is 11.3 Å². The maximum absolute atomic E-state index is 14.1. The summed E-state index contributed by atoms with van der Waals surface area (Å²) in [7, 11) is 0. The van der Waals surface area contributed by atoms with Gasteiger partial charge in [-0.25, -0.2) is 4.98 Å².